The summed E-state index contributed by atoms with van der Waals surface area (Å²) in [5.74, 6) is -10.4. The van der Waals surface area contributed by atoms with Crippen molar-refractivity contribution in [2.24, 2.45) is 5.92 Å². The maximum atomic E-state index is 15.2. The zero-order valence-corrected chi connectivity index (χ0v) is 26.2. The molecule has 268 valence electrons. The number of hydrogen-bond donors (Lipinski definition) is 2. The number of amides is 1. The van der Waals surface area contributed by atoms with Crippen molar-refractivity contribution in [3.8, 4) is 11.1 Å². The molecule has 1 saturated carbocycles. The van der Waals surface area contributed by atoms with E-state index in [9.17, 15) is 35.5 Å². The van der Waals surface area contributed by atoms with Gasteiger partial charge in [0, 0.05) is 34.4 Å². The number of alkyl halides is 7. The summed E-state index contributed by atoms with van der Waals surface area (Å²) in [4.78, 5) is 18.1. The molecule has 2 aliphatic rings. The lowest BCUT2D eigenvalue weighted by Gasteiger charge is -2.23. The summed E-state index contributed by atoms with van der Waals surface area (Å²) >= 11 is 0. The molecule has 1 fully saturated rings. The smallest absolute Gasteiger partial charge is 0.382 e. The van der Waals surface area contributed by atoms with Gasteiger partial charge in [-0.05, 0) is 61.6 Å². The molecule has 7 rings (SSSR count). The normalized spacial score (nSPS) is 18.3. The first-order chi connectivity index (χ1) is 23.9. The van der Waals surface area contributed by atoms with E-state index in [1.54, 1.807) is 6.92 Å². The van der Waals surface area contributed by atoms with Crippen LogP contribution in [0.3, 0.4) is 0 Å². The van der Waals surface area contributed by atoms with Crippen molar-refractivity contribution in [3.05, 3.63) is 93.8 Å². The van der Waals surface area contributed by atoms with Gasteiger partial charge in [-0.15, -0.1) is 0 Å². The minimum atomic E-state index is -5.08. The average Bonchev–Trinajstić information content (AvgIpc) is 3.55. The average molecular weight is 726 g/mol. The monoisotopic (exact) mass is 725 g/mol. The van der Waals surface area contributed by atoms with Gasteiger partial charge in [-0.3, -0.25) is 19.1 Å². The van der Waals surface area contributed by atoms with Crippen molar-refractivity contribution in [3.63, 3.8) is 0 Å². The number of halogens is 10. The first-order valence-corrected chi connectivity index (χ1v) is 15.4. The van der Waals surface area contributed by atoms with Crippen molar-refractivity contribution < 1.29 is 48.7 Å². The minimum Gasteiger partial charge on any atom is -0.382 e. The summed E-state index contributed by atoms with van der Waals surface area (Å²) < 4.78 is 144. The molecule has 1 unspecified atom stereocenters. The molecule has 1 amide bonds. The predicted octanol–water partition coefficient (Wildman–Crippen LogP) is 7.20. The molecular formula is C33H25F10N7O. The second-order valence-corrected chi connectivity index (χ2v) is 12.6. The Balaban J connectivity index is 1.34. The van der Waals surface area contributed by atoms with Crippen LogP contribution in [0.25, 0.3) is 22.0 Å². The number of nitrogens with one attached hydrogen (secondary N) is 1. The number of aryl methyl sites for hydroxylation is 1. The summed E-state index contributed by atoms with van der Waals surface area (Å²) in [6.45, 7) is -0.532. The van der Waals surface area contributed by atoms with Gasteiger partial charge >= 0.3 is 6.18 Å². The third-order valence-corrected chi connectivity index (χ3v) is 9.06. The quantitative estimate of drug-likeness (QED) is 0.157. The zero-order valence-electron chi connectivity index (χ0n) is 26.2. The molecule has 51 heavy (non-hydrogen) atoms. The molecule has 0 radical (unpaired) electrons. The Bertz CT molecular complexity index is 2190. The van der Waals surface area contributed by atoms with E-state index in [0.717, 1.165) is 22.9 Å². The predicted molar refractivity (Wildman–Crippen MR) is 161 cm³/mol. The van der Waals surface area contributed by atoms with Gasteiger partial charge in [0.25, 0.3) is 12.3 Å². The van der Waals surface area contributed by atoms with Crippen LogP contribution in [0.15, 0.2) is 42.5 Å². The third-order valence-electron chi connectivity index (χ3n) is 9.06. The number of anilines is 1. The molecule has 3 atom stereocenters. The summed E-state index contributed by atoms with van der Waals surface area (Å²) in [6, 6.07) is 6.33. The van der Waals surface area contributed by atoms with Crippen LogP contribution in [0.5, 0.6) is 0 Å². The molecule has 3 N–H and O–H groups in total. The lowest BCUT2D eigenvalue weighted by molar-refractivity contribution is -0.142. The molecule has 3 aromatic heterocycles. The van der Waals surface area contributed by atoms with Gasteiger partial charge in [0.05, 0.1) is 22.6 Å². The van der Waals surface area contributed by atoms with E-state index in [4.69, 9.17) is 5.73 Å². The first kappa shape index (κ1) is 34.3. The molecule has 0 saturated heterocycles. The molecule has 0 spiro atoms. The Morgan fingerprint density at radius 1 is 1.02 bits per heavy atom. The highest BCUT2D eigenvalue weighted by Crippen LogP contribution is 2.68. The van der Waals surface area contributed by atoms with Crippen molar-refractivity contribution in [2.75, 3.05) is 5.73 Å². The molecule has 2 aromatic carbocycles. The van der Waals surface area contributed by atoms with Gasteiger partial charge in [-0.25, -0.2) is 22.0 Å². The van der Waals surface area contributed by atoms with Crippen LogP contribution >= 0.6 is 0 Å². The van der Waals surface area contributed by atoms with E-state index in [-0.39, 0.29) is 39.7 Å². The van der Waals surface area contributed by atoms with Crippen molar-refractivity contribution in [1.82, 2.24) is 29.9 Å². The zero-order chi connectivity index (χ0) is 36.7. The Kier molecular flexibility index (Phi) is 8.05. The number of fused-ring (bicyclic) bond motifs is 4. The third kappa shape index (κ3) is 6.03. The van der Waals surface area contributed by atoms with Crippen LogP contribution in [-0.2, 0) is 36.4 Å². The van der Waals surface area contributed by atoms with Gasteiger partial charge in [0.15, 0.2) is 11.5 Å². The summed E-state index contributed by atoms with van der Waals surface area (Å²) in [5.41, 5.74) is 3.01. The molecule has 0 aliphatic heterocycles. The summed E-state index contributed by atoms with van der Waals surface area (Å²) in [7, 11) is 0. The molecule has 3 heterocycles. The molecule has 2 aliphatic carbocycles. The van der Waals surface area contributed by atoms with Gasteiger partial charge in [0.1, 0.15) is 36.2 Å². The van der Waals surface area contributed by atoms with Crippen LogP contribution in [0.2, 0.25) is 0 Å². The molecule has 18 heteroatoms. The number of nitrogens with two attached hydrogens (primary N) is 1. The van der Waals surface area contributed by atoms with Crippen LogP contribution in [0.1, 0.15) is 52.3 Å². The molecule has 0 bridgehead atoms. The number of nitrogen functional groups attached to an aromatic ring is 1. The highest BCUT2D eigenvalue weighted by Gasteiger charge is 2.68. The maximum Gasteiger partial charge on any atom is 0.435 e. The Morgan fingerprint density at radius 2 is 1.71 bits per heavy atom. The van der Waals surface area contributed by atoms with Gasteiger partial charge in [0.2, 0.25) is 5.91 Å². The Hall–Kier alpha value is -5.16. The molecular weight excluding hydrogens is 700 g/mol. The molecule has 5 aromatic rings. The molecule has 8 nitrogen and oxygen atoms in total. The second-order valence-electron chi connectivity index (χ2n) is 12.6. The van der Waals surface area contributed by atoms with Crippen molar-refractivity contribution in [2.45, 2.75) is 63.3 Å². The topological polar surface area (TPSA) is 104 Å². The fourth-order valence-electron chi connectivity index (χ4n) is 7.01. The van der Waals surface area contributed by atoms with E-state index in [1.807, 2.05) is 0 Å². The van der Waals surface area contributed by atoms with Crippen LogP contribution in [0.4, 0.5) is 49.7 Å². The maximum absolute atomic E-state index is 15.2. The fraction of sp³-hybridized carbons (Fsp3) is 0.333. The highest BCUT2D eigenvalue weighted by atomic mass is 19.4. The SMILES string of the molecule is Cc1ccc(-c2ccc(F)c3c(N)nn(CC(F)F)c23)c([C@H](Cc2cc(F)cc(F)c2)NC(=O)Cn2nc(C(F)(F)F)c3c2C(F)(F)C2C[C@H]32)n1. The summed E-state index contributed by atoms with van der Waals surface area (Å²) in [5, 5.41) is 9.49. The van der Waals surface area contributed by atoms with E-state index in [1.165, 1.54) is 18.2 Å². The lowest BCUT2D eigenvalue weighted by Crippen LogP contribution is -2.35. The van der Waals surface area contributed by atoms with Crippen LogP contribution in [0, 0.1) is 30.3 Å². The van der Waals surface area contributed by atoms with Gasteiger partial charge < -0.3 is 11.1 Å². The fourth-order valence-corrected chi connectivity index (χ4v) is 7.01. The number of carbonyl (C=O) groups excluding carboxylic acids is 1. The standard InChI is InChI=1S/C33H25F10N7O/c1-13-2-3-17(18-4-5-21(36)26-28(18)49(11-23(37)38)48-31(26)44)27(45-13)22(8-14-6-15(34)9-16(35)7-14)46-24(51)12-50-30-25(29(47-50)33(41,42)43)19-10-20(19)32(30,39)40/h2-7,9,19-20,22-23H,8,10-12H2,1H3,(H2,44,48)(H,46,51)/t19-,20?,22-/m0/s1. The van der Waals surface area contributed by atoms with E-state index < -0.39 is 102 Å². The van der Waals surface area contributed by atoms with E-state index in [0.29, 0.717) is 16.4 Å². The van der Waals surface area contributed by atoms with Crippen LogP contribution in [-0.4, -0.2) is 36.9 Å². The highest BCUT2D eigenvalue weighted by molar-refractivity contribution is 6.00. The number of aromatic nitrogens is 5. The number of nitrogens with zero attached hydrogens (tertiary/aromatic N) is 5. The van der Waals surface area contributed by atoms with E-state index >= 15 is 13.2 Å². The van der Waals surface area contributed by atoms with Crippen molar-refractivity contribution in [1.29, 1.82) is 0 Å². The number of carbonyl (C=O) groups is 1. The first-order valence-electron chi connectivity index (χ1n) is 15.4. The number of rotatable bonds is 9. The Morgan fingerprint density at radius 3 is 2.37 bits per heavy atom. The van der Waals surface area contributed by atoms with Gasteiger partial charge in [-0.2, -0.15) is 32.1 Å². The van der Waals surface area contributed by atoms with E-state index in [2.05, 4.69) is 20.5 Å². The van der Waals surface area contributed by atoms with Crippen LogP contribution < -0.4 is 11.1 Å². The number of pyridine rings is 1. The number of hydrogen-bond acceptors (Lipinski definition) is 5. The Labute approximate surface area is 281 Å². The largest absolute Gasteiger partial charge is 0.435 e. The number of benzene rings is 2. The van der Waals surface area contributed by atoms with Crippen molar-refractivity contribution >= 4 is 22.6 Å². The summed E-state index contributed by atoms with van der Waals surface area (Å²) in [6.07, 6.45) is -8.58. The minimum absolute atomic E-state index is 0.0192. The second kappa shape index (κ2) is 12.0. The lowest BCUT2D eigenvalue weighted by atomic mass is 9.93. The van der Waals surface area contributed by atoms with Gasteiger partial charge in [-0.1, -0.05) is 6.07 Å².